The van der Waals surface area contributed by atoms with Gasteiger partial charge in [0.05, 0.1) is 28.1 Å². The van der Waals surface area contributed by atoms with Gasteiger partial charge in [-0.2, -0.15) is 0 Å². The molecule has 0 bridgehead atoms. The van der Waals surface area contributed by atoms with Crippen LogP contribution < -0.4 is 21.3 Å². The van der Waals surface area contributed by atoms with Gasteiger partial charge in [-0.05, 0) is 149 Å². The van der Waals surface area contributed by atoms with Gasteiger partial charge in [0.2, 0.25) is 0 Å². The van der Waals surface area contributed by atoms with Crippen molar-refractivity contribution in [2.45, 2.75) is 20.8 Å². The van der Waals surface area contributed by atoms with E-state index in [0.717, 1.165) is 72.4 Å². The molecule has 9 rings (SSSR count). The van der Waals surface area contributed by atoms with Crippen LogP contribution in [0.3, 0.4) is 0 Å². The van der Waals surface area contributed by atoms with Crippen molar-refractivity contribution in [2.75, 3.05) is 21.3 Å². The molecule has 3 amide bonds. The molecule has 0 saturated carbocycles. The van der Waals surface area contributed by atoms with Crippen molar-refractivity contribution in [3.05, 3.63) is 185 Å². The molecule has 0 aromatic heterocycles. The number of nitrogens with two attached hydrogens (primary N) is 2. The minimum atomic E-state index is -0.340. The largest absolute Gasteiger partial charge is 0.399 e. The van der Waals surface area contributed by atoms with E-state index in [9.17, 15) is 14.4 Å². The summed E-state index contributed by atoms with van der Waals surface area (Å²) in [5, 5.41) is 0. The number of rotatable bonds is 6. The number of hydrogen-bond donors (Lipinski definition) is 2. The SMILES string of the molecule is C=C1c2ccc(-c3ccc(N)cc3)cc2C(=O)N1c1ccc(-c2ccc(-c3ccc(N4C(=O)c5ccc(-c6ccc(N)cc6)cc5C4=O)cc3C)c(C)c2)c(C)c1. The standard InChI is InChI=1S/C50H38N4O3/c1-28-23-36(41-21-16-39(24-29(41)2)53-31(4)44-19-9-34(26-46(44)49(53)56)32-5-12-37(51)13-6-32)11-18-42(28)43-22-17-40(25-30(43)3)54-48(55)45-20-10-35(27-47(45)50(54)57)33-7-14-38(52)15-8-33/h5-27H,4,51-52H2,1-3H3. The molecule has 7 aromatic rings. The molecule has 7 nitrogen and oxygen atoms in total. The molecule has 0 aliphatic carbocycles. The van der Waals surface area contributed by atoms with Crippen molar-refractivity contribution in [3.8, 4) is 44.5 Å². The third kappa shape index (κ3) is 5.88. The number of carbonyl (C=O) groups is 3. The molecule has 7 aromatic carbocycles. The second-order valence-electron chi connectivity index (χ2n) is 14.8. The number of nitrogens with zero attached hydrogens (tertiary/aromatic N) is 2. The van der Waals surface area contributed by atoms with Crippen LogP contribution >= 0.6 is 0 Å². The fourth-order valence-electron chi connectivity index (χ4n) is 8.13. The van der Waals surface area contributed by atoms with Crippen molar-refractivity contribution in [3.63, 3.8) is 0 Å². The van der Waals surface area contributed by atoms with Gasteiger partial charge in [-0.1, -0.05) is 79.4 Å². The summed E-state index contributed by atoms with van der Waals surface area (Å²) < 4.78 is 0. The minimum absolute atomic E-state index is 0.104. The summed E-state index contributed by atoms with van der Waals surface area (Å²) in [5.74, 6) is -0.778. The lowest BCUT2D eigenvalue weighted by molar-refractivity contribution is 0.0924. The van der Waals surface area contributed by atoms with E-state index in [1.165, 1.54) is 4.90 Å². The number of amides is 3. The highest BCUT2D eigenvalue weighted by Crippen LogP contribution is 2.41. The van der Waals surface area contributed by atoms with Crippen molar-refractivity contribution in [1.82, 2.24) is 0 Å². The summed E-state index contributed by atoms with van der Waals surface area (Å²) in [4.78, 5) is 44.0. The molecular formula is C50H38N4O3. The van der Waals surface area contributed by atoms with Crippen LogP contribution in [0.2, 0.25) is 0 Å². The van der Waals surface area contributed by atoms with Crippen LogP contribution in [0.15, 0.2) is 146 Å². The lowest BCUT2D eigenvalue weighted by atomic mass is 9.92. The van der Waals surface area contributed by atoms with E-state index in [-0.39, 0.29) is 17.7 Å². The Bertz CT molecular complexity index is 2870. The Morgan fingerprint density at radius 1 is 0.368 bits per heavy atom. The second kappa shape index (κ2) is 13.4. The van der Waals surface area contributed by atoms with Crippen LogP contribution in [0.5, 0.6) is 0 Å². The highest BCUT2D eigenvalue weighted by atomic mass is 16.2. The maximum absolute atomic E-state index is 13.8. The van der Waals surface area contributed by atoms with Gasteiger partial charge in [0.25, 0.3) is 17.7 Å². The van der Waals surface area contributed by atoms with E-state index in [4.69, 9.17) is 11.5 Å². The van der Waals surface area contributed by atoms with E-state index >= 15 is 0 Å². The van der Waals surface area contributed by atoms with E-state index in [1.54, 1.807) is 17.0 Å². The zero-order valence-electron chi connectivity index (χ0n) is 31.8. The number of carbonyl (C=O) groups excluding carboxylic acids is 3. The molecule has 7 heteroatoms. The monoisotopic (exact) mass is 742 g/mol. The van der Waals surface area contributed by atoms with E-state index in [1.807, 2.05) is 110 Å². The van der Waals surface area contributed by atoms with Crippen molar-refractivity contribution in [2.24, 2.45) is 0 Å². The first kappa shape index (κ1) is 35.2. The summed E-state index contributed by atoms with van der Waals surface area (Å²) in [7, 11) is 0. The van der Waals surface area contributed by atoms with Crippen LogP contribution in [0, 0.1) is 20.8 Å². The van der Waals surface area contributed by atoms with E-state index in [2.05, 4.69) is 44.7 Å². The fourth-order valence-corrected chi connectivity index (χ4v) is 8.13. The number of anilines is 4. The first-order chi connectivity index (χ1) is 27.5. The second-order valence-corrected chi connectivity index (χ2v) is 14.8. The van der Waals surface area contributed by atoms with Crippen molar-refractivity contribution in [1.29, 1.82) is 0 Å². The van der Waals surface area contributed by atoms with Gasteiger partial charge >= 0.3 is 0 Å². The molecule has 0 radical (unpaired) electrons. The van der Waals surface area contributed by atoms with E-state index in [0.29, 0.717) is 39.4 Å². The Hall–Kier alpha value is -7.51. The molecule has 2 aliphatic heterocycles. The molecule has 0 fully saturated rings. The normalized spacial score (nSPS) is 13.4. The lowest BCUT2D eigenvalue weighted by Crippen LogP contribution is -2.29. The maximum atomic E-state index is 13.8. The molecule has 57 heavy (non-hydrogen) atoms. The number of aryl methyl sites for hydroxylation is 3. The molecule has 0 spiro atoms. The van der Waals surface area contributed by atoms with Gasteiger partial charge in [-0.3, -0.25) is 19.3 Å². The van der Waals surface area contributed by atoms with Crippen LogP contribution in [0.1, 0.15) is 53.3 Å². The number of imide groups is 1. The lowest BCUT2D eigenvalue weighted by Gasteiger charge is -2.20. The van der Waals surface area contributed by atoms with Gasteiger partial charge in [-0.15, -0.1) is 0 Å². The predicted molar refractivity (Wildman–Crippen MR) is 231 cm³/mol. The first-order valence-corrected chi connectivity index (χ1v) is 18.7. The van der Waals surface area contributed by atoms with Gasteiger partial charge in [0, 0.05) is 22.6 Å². The van der Waals surface area contributed by atoms with Gasteiger partial charge < -0.3 is 11.5 Å². The molecule has 0 unspecified atom stereocenters. The number of nitrogen functional groups attached to an aromatic ring is 2. The predicted octanol–water partition coefficient (Wildman–Crippen LogP) is 10.9. The number of benzene rings is 7. The fraction of sp³-hybridized carbons (Fsp3) is 0.0600. The number of hydrogen-bond acceptors (Lipinski definition) is 5. The molecule has 276 valence electrons. The van der Waals surface area contributed by atoms with Crippen LogP contribution in [-0.4, -0.2) is 17.7 Å². The molecule has 2 aliphatic rings. The van der Waals surface area contributed by atoms with Crippen molar-refractivity contribution < 1.29 is 14.4 Å². The molecule has 0 saturated heterocycles. The average Bonchev–Trinajstić information content (AvgIpc) is 3.61. The van der Waals surface area contributed by atoms with Gasteiger partial charge in [0.15, 0.2) is 0 Å². The zero-order valence-corrected chi connectivity index (χ0v) is 31.8. The summed E-state index contributed by atoms with van der Waals surface area (Å²) >= 11 is 0. The highest BCUT2D eigenvalue weighted by molar-refractivity contribution is 6.34. The number of fused-ring (bicyclic) bond motifs is 2. The Balaban J connectivity index is 0.946. The zero-order chi connectivity index (χ0) is 39.7. The Morgan fingerprint density at radius 2 is 0.754 bits per heavy atom. The van der Waals surface area contributed by atoms with Crippen LogP contribution in [-0.2, 0) is 0 Å². The minimum Gasteiger partial charge on any atom is -0.399 e. The third-order valence-corrected chi connectivity index (χ3v) is 11.2. The first-order valence-electron chi connectivity index (χ1n) is 18.7. The van der Waals surface area contributed by atoms with Gasteiger partial charge in [0.1, 0.15) is 0 Å². The quantitative estimate of drug-likeness (QED) is 0.130. The maximum Gasteiger partial charge on any atom is 0.266 e. The highest BCUT2D eigenvalue weighted by Gasteiger charge is 2.37. The Morgan fingerprint density at radius 3 is 1.30 bits per heavy atom. The molecular weight excluding hydrogens is 705 g/mol. The Kier molecular flexibility index (Phi) is 8.25. The van der Waals surface area contributed by atoms with Gasteiger partial charge in [-0.25, -0.2) is 4.90 Å². The smallest absolute Gasteiger partial charge is 0.266 e. The van der Waals surface area contributed by atoms with Crippen LogP contribution in [0.25, 0.3) is 50.2 Å². The summed E-state index contributed by atoms with van der Waals surface area (Å²) in [5.41, 5.74) is 28.2. The Labute approximate surface area is 331 Å². The summed E-state index contributed by atoms with van der Waals surface area (Å²) in [6, 6.07) is 44.5. The van der Waals surface area contributed by atoms with E-state index < -0.39 is 0 Å². The topological polar surface area (TPSA) is 110 Å². The summed E-state index contributed by atoms with van der Waals surface area (Å²) in [6.45, 7) is 10.4. The van der Waals surface area contributed by atoms with Crippen molar-refractivity contribution >= 4 is 46.2 Å². The third-order valence-electron chi connectivity index (χ3n) is 11.2. The molecule has 2 heterocycles. The average molecular weight is 743 g/mol. The van der Waals surface area contributed by atoms with Crippen LogP contribution in [0.4, 0.5) is 22.7 Å². The molecule has 4 N–H and O–H groups in total. The molecule has 0 atom stereocenters. The summed E-state index contributed by atoms with van der Waals surface area (Å²) in [6.07, 6.45) is 0.